The molecule has 8 aromatic heterocycles. The summed E-state index contributed by atoms with van der Waals surface area (Å²) in [4.78, 5) is 24.1. The minimum Gasteiger partial charge on any atom is -0.338 e. The van der Waals surface area contributed by atoms with Crippen LogP contribution in [0, 0.1) is 0 Å². The standard InChI is InChI=1S/C14H11N5.C13H9N5/c1-19-8-9(6-16-19)12-3-2-11-10-4-5-15-7-13(10)18-14(11)17-12;1-2-11(8-5-15-16-6-8)17-13-10(1)9-3-4-14-7-12(9)18-13/h2-8H,1H3,(H,17,18);1-7H,(H,15,16)(H,17,18). The van der Waals surface area contributed by atoms with Crippen molar-refractivity contribution in [1.82, 2.24) is 49.9 Å². The number of fused-ring (bicyclic) bond motifs is 6. The van der Waals surface area contributed by atoms with Gasteiger partial charge in [0.2, 0.25) is 0 Å². The normalized spacial score (nSPS) is 11.4. The second kappa shape index (κ2) is 8.38. The molecule has 0 radical (unpaired) electrons. The molecule has 0 saturated carbocycles. The molecule has 0 aromatic carbocycles. The molecule has 10 heteroatoms. The summed E-state index contributed by atoms with van der Waals surface area (Å²) in [7, 11) is 1.90. The Kier molecular flexibility index (Phi) is 4.74. The number of hydrogen-bond donors (Lipinski definition) is 3. The first-order valence-corrected chi connectivity index (χ1v) is 11.7. The molecular weight excluding hydrogens is 464 g/mol. The summed E-state index contributed by atoms with van der Waals surface area (Å²) in [6.45, 7) is 0. The Balaban J connectivity index is 0.000000125. The van der Waals surface area contributed by atoms with Crippen LogP contribution in [-0.4, -0.2) is 49.9 Å². The Labute approximate surface area is 209 Å². The van der Waals surface area contributed by atoms with Crippen molar-refractivity contribution in [2.75, 3.05) is 0 Å². The van der Waals surface area contributed by atoms with E-state index < -0.39 is 0 Å². The van der Waals surface area contributed by atoms with Crippen LogP contribution in [0.5, 0.6) is 0 Å². The minimum absolute atomic E-state index is 0.872. The van der Waals surface area contributed by atoms with Crippen molar-refractivity contribution < 1.29 is 0 Å². The first-order chi connectivity index (χ1) is 18.2. The van der Waals surface area contributed by atoms with Gasteiger partial charge in [-0.2, -0.15) is 10.2 Å². The summed E-state index contributed by atoms with van der Waals surface area (Å²) in [5.74, 6) is 0. The maximum atomic E-state index is 4.66. The van der Waals surface area contributed by atoms with Gasteiger partial charge in [-0.1, -0.05) is 0 Å². The van der Waals surface area contributed by atoms with Crippen molar-refractivity contribution in [3.63, 3.8) is 0 Å². The van der Waals surface area contributed by atoms with E-state index in [0.717, 1.165) is 66.4 Å². The lowest BCUT2D eigenvalue weighted by molar-refractivity contribution is 0.768. The molecular formula is C27H20N10. The summed E-state index contributed by atoms with van der Waals surface area (Å²) in [5, 5.41) is 15.4. The van der Waals surface area contributed by atoms with Gasteiger partial charge in [0.25, 0.3) is 0 Å². The predicted molar refractivity (Wildman–Crippen MR) is 143 cm³/mol. The zero-order valence-corrected chi connectivity index (χ0v) is 19.7. The lowest BCUT2D eigenvalue weighted by Gasteiger charge is -1.96. The maximum Gasteiger partial charge on any atom is 0.139 e. The van der Waals surface area contributed by atoms with E-state index in [4.69, 9.17) is 0 Å². The number of pyridine rings is 4. The predicted octanol–water partition coefficient (Wildman–Crippen LogP) is 5.01. The summed E-state index contributed by atoms with van der Waals surface area (Å²) < 4.78 is 1.77. The Morgan fingerprint density at radius 3 is 1.81 bits per heavy atom. The fourth-order valence-electron chi connectivity index (χ4n) is 4.52. The smallest absolute Gasteiger partial charge is 0.139 e. The molecule has 37 heavy (non-hydrogen) atoms. The lowest BCUT2D eigenvalue weighted by atomic mass is 10.2. The maximum absolute atomic E-state index is 4.66. The third-order valence-corrected chi connectivity index (χ3v) is 6.31. The van der Waals surface area contributed by atoms with Gasteiger partial charge in [0.15, 0.2) is 0 Å². The Morgan fingerprint density at radius 2 is 1.27 bits per heavy atom. The van der Waals surface area contributed by atoms with Crippen molar-refractivity contribution in [3.8, 4) is 22.5 Å². The number of rotatable bonds is 2. The number of aryl methyl sites for hydroxylation is 1. The van der Waals surface area contributed by atoms with Crippen LogP contribution in [-0.2, 0) is 7.05 Å². The van der Waals surface area contributed by atoms with Crippen molar-refractivity contribution >= 4 is 43.9 Å². The minimum atomic E-state index is 0.872. The Hall–Kier alpha value is -5.38. The van der Waals surface area contributed by atoms with Crippen LogP contribution in [0.2, 0.25) is 0 Å². The lowest BCUT2D eigenvalue weighted by Crippen LogP contribution is -1.85. The first kappa shape index (κ1) is 20.9. The van der Waals surface area contributed by atoms with Crippen molar-refractivity contribution in [1.29, 1.82) is 0 Å². The summed E-state index contributed by atoms with van der Waals surface area (Å²) >= 11 is 0. The monoisotopic (exact) mass is 484 g/mol. The van der Waals surface area contributed by atoms with Gasteiger partial charge in [0.1, 0.15) is 11.3 Å². The highest BCUT2D eigenvalue weighted by Gasteiger charge is 2.09. The van der Waals surface area contributed by atoms with Crippen molar-refractivity contribution in [2.24, 2.45) is 7.05 Å². The molecule has 10 nitrogen and oxygen atoms in total. The van der Waals surface area contributed by atoms with Gasteiger partial charge in [-0.15, -0.1) is 0 Å². The topological polar surface area (TPSA) is 130 Å². The van der Waals surface area contributed by atoms with E-state index in [0.29, 0.717) is 0 Å². The van der Waals surface area contributed by atoms with Gasteiger partial charge in [-0.05, 0) is 36.4 Å². The van der Waals surface area contributed by atoms with E-state index >= 15 is 0 Å². The molecule has 0 aliphatic heterocycles. The molecule has 0 fully saturated rings. The van der Waals surface area contributed by atoms with Crippen molar-refractivity contribution in [3.05, 3.63) is 86.0 Å². The molecule has 178 valence electrons. The Morgan fingerprint density at radius 1 is 0.649 bits per heavy atom. The van der Waals surface area contributed by atoms with E-state index in [1.165, 1.54) is 0 Å². The van der Waals surface area contributed by atoms with Gasteiger partial charge >= 0.3 is 0 Å². The zero-order valence-electron chi connectivity index (χ0n) is 19.7. The zero-order chi connectivity index (χ0) is 24.8. The number of aromatic nitrogens is 10. The average molecular weight is 485 g/mol. The van der Waals surface area contributed by atoms with E-state index in [1.54, 1.807) is 23.3 Å². The van der Waals surface area contributed by atoms with Crippen LogP contribution >= 0.6 is 0 Å². The molecule has 0 unspecified atom stereocenters. The summed E-state index contributed by atoms with van der Waals surface area (Å²) in [5.41, 5.74) is 7.57. The number of nitrogens with one attached hydrogen (secondary N) is 3. The highest BCUT2D eigenvalue weighted by Crippen LogP contribution is 2.27. The Bertz CT molecular complexity index is 2010. The number of H-pyrrole nitrogens is 3. The molecule has 0 atom stereocenters. The molecule has 0 aliphatic rings. The van der Waals surface area contributed by atoms with E-state index in [1.807, 2.05) is 62.3 Å². The average Bonchev–Trinajstić information content (AvgIpc) is 3.73. The molecule has 0 amide bonds. The molecule has 0 spiro atoms. The highest BCUT2D eigenvalue weighted by atomic mass is 15.2. The highest BCUT2D eigenvalue weighted by molar-refractivity contribution is 6.06. The van der Waals surface area contributed by atoms with E-state index in [2.05, 4.69) is 57.3 Å². The van der Waals surface area contributed by atoms with Gasteiger partial charge in [-0.25, -0.2) is 9.97 Å². The molecule has 8 heterocycles. The SMILES string of the molecule is Cn1cc(-c2ccc3c(n2)[nH]c2cnccc23)cn1.c1cc2c(cn1)[nH]c1nc(-c3cn[nH]c3)ccc12. The summed E-state index contributed by atoms with van der Waals surface area (Å²) in [6.07, 6.45) is 14.6. The number of aromatic amines is 3. The molecule has 0 bridgehead atoms. The van der Waals surface area contributed by atoms with Crippen LogP contribution in [0.25, 0.3) is 66.4 Å². The molecule has 0 aliphatic carbocycles. The van der Waals surface area contributed by atoms with E-state index in [9.17, 15) is 0 Å². The fraction of sp³-hybridized carbons (Fsp3) is 0.0370. The third-order valence-electron chi connectivity index (χ3n) is 6.31. The molecule has 0 saturated heterocycles. The second-order valence-electron chi connectivity index (χ2n) is 8.67. The second-order valence-corrected chi connectivity index (χ2v) is 8.67. The summed E-state index contributed by atoms with van der Waals surface area (Å²) in [6, 6.07) is 12.2. The van der Waals surface area contributed by atoms with Gasteiger partial charge < -0.3 is 9.97 Å². The quantitative estimate of drug-likeness (QED) is 0.316. The first-order valence-electron chi connectivity index (χ1n) is 11.7. The molecule has 8 rings (SSSR count). The number of nitrogens with zero attached hydrogens (tertiary/aromatic N) is 7. The van der Waals surface area contributed by atoms with Gasteiger partial charge in [0, 0.05) is 64.5 Å². The van der Waals surface area contributed by atoms with Crippen LogP contribution in [0.1, 0.15) is 0 Å². The van der Waals surface area contributed by atoms with E-state index in [-0.39, 0.29) is 0 Å². The number of hydrogen-bond acceptors (Lipinski definition) is 6. The molecule has 3 N–H and O–H groups in total. The van der Waals surface area contributed by atoms with Crippen LogP contribution in [0.15, 0.2) is 86.0 Å². The van der Waals surface area contributed by atoms with Crippen molar-refractivity contribution in [2.45, 2.75) is 0 Å². The van der Waals surface area contributed by atoms with Gasteiger partial charge in [-0.3, -0.25) is 19.7 Å². The van der Waals surface area contributed by atoms with Crippen LogP contribution in [0.4, 0.5) is 0 Å². The van der Waals surface area contributed by atoms with Gasteiger partial charge in [0.05, 0.1) is 47.2 Å². The molecule has 8 aromatic rings. The third kappa shape index (κ3) is 3.67. The van der Waals surface area contributed by atoms with Crippen LogP contribution in [0.3, 0.4) is 0 Å². The van der Waals surface area contributed by atoms with Crippen LogP contribution < -0.4 is 0 Å². The largest absolute Gasteiger partial charge is 0.338 e. The fourth-order valence-corrected chi connectivity index (χ4v) is 4.52.